The summed E-state index contributed by atoms with van der Waals surface area (Å²) >= 11 is 0. The van der Waals surface area contributed by atoms with E-state index in [1.54, 1.807) is 19.1 Å². The number of primary amides is 1. The SMILES string of the molecule is Cc1cccc(OC(=O)C(C)N(N)O)c1C(N)=O. The molecule has 0 saturated heterocycles. The minimum absolute atomic E-state index is 0.0428. The van der Waals surface area contributed by atoms with Crippen LogP contribution < -0.4 is 16.3 Å². The lowest BCUT2D eigenvalue weighted by Gasteiger charge is -2.17. The number of amides is 1. The average Bonchev–Trinajstić information content (AvgIpc) is 2.27. The van der Waals surface area contributed by atoms with E-state index in [0.29, 0.717) is 5.56 Å². The summed E-state index contributed by atoms with van der Waals surface area (Å²) < 4.78 is 4.99. The molecule has 0 fully saturated rings. The molecule has 0 radical (unpaired) electrons. The second-order valence-corrected chi connectivity index (χ2v) is 3.79. The lowest BCUT2D eigenvalue weighted by molar-refractivity contribution is -0.165. The fourth-order valence-corrected chi connectivity index (χ4v) is 1.34. The lowest BCUT2D eigenvalue weighted by atomic mass is 10.1. The number of hydrogen-bond acceptors (Lipinski definition) is 6. The third kappa shape index (κ3) is 3.04. The van der Waals surface area contributed by atoms with Crippen LogP contribution in [-0.2, 0) is 4.79 Å². The van der Waals surface area contributed by atoms with Crippen molar-refractivity contribution in [1.29, 1.82) is 0 Å². The van der Waals surface area contributed by atoms with Crippen LogP contribution in [0.3, 0.4) is 0 Å². The molecule has 0 spiro atoms. The van der Waals surface area contributed by atoms with Gasteiger partial charge in [-0.3, -0.25) is 10.0 Å². The molecule has 5 N–H and O–H groups in total. The fourth-order valence-electron chi connectivity index (χ4n) is 1.34. The zero-order valence-electron chi connectivity index (χ0n) is 10.1. The average molecular weight is 253 g/mol. The normalized spacial score (nSPS) is 12.3. The van der Waals surface area contributed by atoms with E-state index in [1.165, 1.54) is 13.0 Å². The summed E-state index contributed by atoms with van der Waals surface area (Å²) in [6.07, 6.45) is 0. The first-order valence-electron chi connectivity index (χ1n) is 5.18. The minimum atomic E-state index is -1.06. The van der Waals surface area contributed by atoms with Crippen molar-refractivity contribution >= 4 is 11.9 Å². The number of carbonyl (C=O) groups excluding carboxylic acids is 2. The number of nitrogens with zero attached hydrogens (tertiary/aromatic N) is 1. The maximum absolute atomic E-state index is 11.6. The smallest absolute Gasteiger partial charge is 0.332 e. The Morgan fingerprint density at radius 1 is 1.44 bits per heavy atom. The molecule has 0 heterocycles. The summed E-state index contributed by atoms with van der Waals surface area (Å²) in [5.41, 5.74) is 5.93. The maximum atomic E-state index is 11.6. The van der Waals surface area contributed by atoms with Gasteiger partial charge < -0.3 is 10.5 Å². The monoisotopic (exact) mass is 253 g/mol. The Bertz CT molecular complexity index is 473. The molecule has 0 saturated carbocycles. The van der Waals surface area contributed by atoms with Crippen LogP contribution in [-0.4, -0.2) is 28.3 Å². The molecule has 0 aliphatic rings. The molecule has 1 rings (SSSR count). The zero-order valence-corrected chi connectivity index (χ0v) is 10.1. The Balaban J connectivity index is 3.02. The molecular formula is C11H15N3O4. The summed E-state index contributed by atoms with van der Waals surface area (Å²) in [7, 11) is 0. The molecule has 7 nitrogen and oxygen atoms in total. The van der Waals surface area contributed by atoms with Crippen molar-refractivity contribution in [3.05, 3.63) is 29.3 Å². The third-order valence-electron chi connectivity index (χ3n) is 2.43. The minimum Gasteiger partial charge on any atom is -0.424 e. The number of carbonyl (C=O) groups is 2. The highest BCUT2D eigenvalue weighted by atomic mass is 16.6. The van der Waals surface area contributed by atoms with Crippen LogP contribution in [0.5, 0.6) is 5.75 Å². The Hall–Kier alpha value is -1.96. The number of nitrogens with two attached hydrogens (primary N) is 2. The van der Waals surface area contributed by atoms with Crippen LogP contribution in [0, 0.1) is 6.92 Å². The summed E-state index contributed by atoms with van der Waals surface area (Å²) in [5, 5.41) is 9.15. The standard InChI is InChI=1S/C11H15N3O4/c1-6-4-3-5-8(9(6)10(12)15)18-11(16)7(2)14(13)17/h3-5,7,17H,13H2,1-2H3,(H2,12,15). The fraction of sp³-hybridized carbons (Fsp3) is 0.273. The van der Waals surface area contributed by atoms with E-state index < -0.39 is 17.9 Å². The van der Waals surface area contributed by atoms with Crippen LogP contribution in [0.25, 0.3) is 0 Å². The third-order valence-corrected chi connectivity index (χ3v) is 2.43. The van der Waals surface area contributed by atoms with E-state index in [1.807, 2.05) is 0 Å². The summed E-state index contributed by atoms with van der Waals surface area (Å²) in [4.78, 5) is 22.9. The lowest BCUT2D eigenvalue weighted by Crippen LogP contribution is -2.43. The van der Waals surface area contributed by atoms with Crippen LogP contribution in [0.15, 0.2) is 18.2 Å². The largest absolute Gasteiger partial charge is 0.424 e. The van der Waals surface area contributed by atoms with E-state index in [4.69, 9.17) is 21.5 Å². The highest BCUT2D eigenvalue weighted by Crippen LogP contribution is 2.22. The predicted octanol–water partition coefficient (Wildman–Crippen LogP) is -0.0473. The van der Waals surface area contributed by atoms with E-state index >= 15 is 0 Å². The predicted molar refractivity (Wildman–Crippen MR) is 62.6 cm³/mol. The first-order valence-corrected chi connectivity index (χ1v) is 5.18. The molecule has 0 aliphatic heterocycles. The van der Waals surface area contributed by atoms with Crippen molar-refractivity contribution in [2.24, 2.45) is 11.6 Å². The number of aryl methyl sites for hydroxylation is 1. The molecule has 0 aliphatic carbocycles. The van der Waals surface area contributed by atoms with Gasteiger partial charge in [0.25, 0.3) is 5.91 Å². The molecule has 1 unspecified atom stereocenters. The van der Waals surface area contributed by atoms with Crippen molar-refractivity contribution in [3.8, 4) is 5.75 Å². The number of ether oxygens (including phenoxy) is 1. The first kappa shape index (κ1) is 14.1. The van der Waals surface area contributed by atoms with Crippen LogP contribution in [0.2, 0.25) is 0 Å². The Kier molecular flexibility index (Phi) is 4.38. The van der Waals surface area contributed by atoms with Gasteiger partial charge in [-0.1, -0.05) is 12.1 Å². The van der Waals surface area contributed by atoms with E-state index in [9.17, 15) is 9.59 Å². The van der Waals surface area contributed by atoms with Crippen molar-refractivity contribution in [2.75, 3.05) is 0 Å². The van der Waals surface area contributed by atoms with Gasteiger partial charge in [0, 0.05) is 0 Å². The molecule has 1 aromatic rings. The summed E-state index contributed by atoms with van der Waals surface area (Å²) in [5.74, 6) is 3.56. The molecule has 1 atom stereocenters. The maximum Gasteiger partial charge on any atom is 0.332 e. The Labute approximate surface area is 104 Å². The highest BCUT2D eigenvalue weighted by molar-refractivity contribution is 5.98. The van der Waals surface area contributed by atoms with E-state index in [0.717, 1.165) is 0 Å². The quantitative estimate of drug-likeness (QED) is 0.299. The number of rotatable bonds is 4. The van der Waals surface area contributed by atoms with Gasteiger partial charge in [0.05, 0.1) is 5.56 Å². The number of hydrazine groups is 1. The van der Waals surface area contributed by atoms with Gasteiger partial charge in [-0.05, 0) is 25.5 Å². The van der Waals surface area contributed by atoms with Gasteiger partial charge in [-0.25, -0.2) is 10.6 Å². The molecule has 18 heavy (non-hydrogen) atoms. The van der Waals surface area contributed by atoms with E-state index in [2.05, 4.69) is 0 Å². The second kappa shape index (κ2) is 5.58. The van der Waals surface area contributed by atoms with Gasteiger partial charge in [0.1, 0.15) is 11.8 Å². The highest BCUT2D eigenvalue weighted by Gasteiger charge is 2.22. The number of benzene rings is 1. The van der Waals surface area contributed by atoms with Crippen LogP contribution >= 0.6 is 0 Å². The Morgan fingerprint density at radius 2 is 2.06 bits per heavy atom. The van der Waals surface area contributed by atoms with Crippen molar-refractivity contribution in [3.63, 3.8) is 0 Å². The van der Waals surface area contributed by atoms with Crippen molar-refractivity contribution in [2.45, 2.75) is 19.9 Å². The number of hydroxylamine groups is 1. The summed E-state index contributed by atoms with van der Waals surface area (Å²) in [6.45, 7) is 3.02. The number of hydrogen-bond donors (Lipinski definition) is 3. The Morgan fingerprint density at radius 3 is 2.56 bits per heavy atom. The summed E-state index contributed by atoms with van der Waals surface area (Å²) in [6, 6.07) is 3.66. The van der Waals surface area contributed by atoms with Crippen LogP contribution in [0.1, 0.15) is 22.8 Å². The van der Waals surface area contributed by atoms with Gasteiger partial charge in [0.15, 0.2) is 0 Å². The molecule has 0 aromatic heterocycles. The first-order chi connectivity index (χ1) is 8.34. The second-order valence-electron chi connectivity index (χ2n) is 3.79. The topological polar surface area (TPSA) is 119 Å². The van der Waals surface area contributed by atoms with Gasteiger partial charge >= 0.3 is 5.97 Å². The van der Waals surface area contributed by atoms with Gasteiger partial charge in [-0.2, -0.15) is 0 Å². The molecule has 1 aromatic carbocycles. The van der Waals surface area contributed by atoms with Crippen LogP contribution in [0.4, 0.5) is 0 Å². The van der Waals surface area contributed by atoms with Gasteiger partial charge in [0.2, 0.25) is 0 Å². The molecule has 98 valence electrons. The molecule has 1 amide bonds. The zero-order chi connectivity index (χ0) is 13.9. The van der Waals surface area contributed by atoms with Crippen molar-refractivity contribution in [1.82, 2.24) is 5.17 Å². The van der Waals surface area contributed by atoms with E-state index in [-0.39, 0.29) is 16.5 Å². The molecular weight excluding hydrogens is 238 g/mol. The van der Waals surface area contributed by atoms with Crippen molar-refractivity contribution < 1.29 is 19.5 Å². The molecule has 7 heteroatoms. The number of esters is 1. The van der Waals surface area contributed by atoms with Gasteiger partial charge in [-0.15, -0.1) is 5.17 Å². The molecule has 0 bridgehead atoms.